The molecule has 0 bridgehead atoms. The number of nitrogens with two attached hydrogens (primary N) is 2. The second-order valence-electron chi connectivity index (χ2n) is 6.92. The van der Waals surface area contributed by atoms with Crippen molar-refractivity contribution in [1.82, 2.24) is 10.6 Å². The molecule has 1 heterocycles. The van der Waals surface area contributed by atoms with Crippen molar-refractivity contribution >= 4 is 23.7 Å². The van der Waals surface area contributed by atoms with Crippen LogP contribution >= 0.6 is 0 Å². The molecule has 0 saturated carbocycles. The molecule has 1 unspecified atom stereocenters. The summed E-state index contributed by atoms with van der Waals surface area (Å²) in [4.78, 5) is 30.2. The monoisotopic (exact) mass is 416 g/mol. The van der Waals surface area contributed by atoms with Crippen LogP contribution in [-0.2, 0) is 9.59 Å². The number of aliphatic hydroxyl groups excluding tert-OH is 2. The van der Waals surface area contributed by atoms with E-state index in [1.54, 1.807) is 0 Å². The Morgan fingerprint density at radius 2 is 1.59 bits per heavy atom. The Hall–Kier alpha value is -2.28. The summed E-state index contributed by atoms with van der Waals surface area (Å²) in [6.07, 6.45) is 1.76. The molecule has 0 aliphatic carbocycles. The first kappa shape index (κ1) is 24.8. The van der Waals surface area contributed by atoms with E-state index in [9.17, 15) is 14.7 Å². The molecular weight excluding hydrogens is 384 g/mol. The number of aliphatic imine (C=N–C) groups is 2. The molecule has 29 heavy (non-hydrogen) atoms. The summed E-state index contributed by atoms with van der Waals surface area (Å²) in [5, 5.41) is 42.4. The minimum Gasteiger partial charge on any atom is -0.480 e. The number of hydrogen-bond donors (Lipinski definition) is 8. The minimum absolute atomic E-state index is 0.231. The van der Waals surface area contributed by atoms with E-state index >= 15 is 0 Å². The van der Waals surface area contributed by atoms with Crippen LogP contribution in [0, 0.1) is 0 Å². The van der Waals surface area contributed by atoms with Crippen molar-refractivity contribution in [2.75, 3.05) is 19.7 Å². The maximum atomic E-state index is 10.7. The third-order valence-corrected chi connectivity index (χ3v) is 4.39. The molecule has 12 heteroatoms. The van der Waals surface area contributed by atoms with Crippen LogP contribution in [-0.4, -0.2) is 88.1 Å². The van der Waals surface area contributed by atoms with Gasteiger partial charge in [0.2, 0.25) is 0 Å². The Morgan fingerprint density at radius 1 is 1.00 bits per heavy atom. The summed E-state index contributed by atoms with van der Waals surface area (Å²) in [6.45, 7) is 0.437. The summed E-state index contributed by atoms with van der Waals surface area (Å²) in [5.74, 6) is -1.05. The van der Waals surface area contributed by atoms with Crippen LogP contribution in [0.3, 0.4) is 0 Å². The molecule has 1 aliphatic rings. The van der Waals surface area contributed by atoms with Gasteiger partial charge in [-0.15, -0.1) is 0 Å². The zero-order chi connectivity index (χ0) is 21.8. The van der Waals surface area contributed by atoms with Crippen molar-refractivity contribution in [3.63, 3.8) is 0 Å². The molecule has 0 amide bonds. The molecule has 0 aromatic carbocycles. The van der Waals surface area contributed by atoms with Crippen LogP contribution in [0.1, 0.15) is 38.5 Å². The van der Waals surface area contributed by atoms with Gasteiger partial charge in [-0.1, -0.05) is 0 Å². The van der Waals surface area contributed by atoms with E-state index in [1.807, 2.05) is 0 Å². The Balaban J connectivity index is 2.54. The SMILES string of the molecule is N[C@@H](CCCCN=C1NC(=NCCC[C@H](N)C(=O)O)NC1C[C@H](O)CO)C(=O)O. The highest BCUT2D eigenvalue weighted by Crippen LogP contribution is 2.07. The van der Waals surface area contributed by atoms with Crippen LogP contribution in [0.15, 0.2) is 9.98 Å². The lowest BCUT2D eigenvalue weighted by Crippen LogP contribution is -2.34. The highest BCUT2D eigenvalue weighted by Gasteiger charge is 2.28. The third kappa shape index (κ3) is 9.65. The number of aliphatic carboxylic acids is 2. The quantitative estimate of drug-likeness (QED) is 0.143. The topological polar surface area (TPSA) is 216 Å². The lowest BCUT2D eigenvalue weighted by Gasteiger charge is -2.14. The zero-order valence-electron chi connectivity index (χ0n) is 16.3. The van der Waals surface area contributed by atoms with Gasteiger partial charge in [-0.3, -0.25) is 19.6 Å². The van der Waals surface area contributed by atoms with Gasteiger partial charge in [0.25, 0.3) is 0 Å². The van der Waals surface area contributed by atoms with Crippen LogP contribution in [0.2, 0.25) is 0 Å². The average Bonchev–Trinajstić information content (AvgIpc) is 3.05. The number of nitrogens with zero attached hydrogens (tertiary/aromatic N) is 2. The molecule has 1 saturated heterocycles. The largest absolute Gasteiger partial charge is 0.480 e. The van der Waals surface area contributed by atoms with Crippen molar-refractivity contribution in [3.8, 4) is 0 Å². The van der Waals surface area contributed by atoms with Crippen LogP contribution in [0.4, 0.5) is 0 Å². The molecule has 1 aliphatic heterocycles. The number of nitrogens with one attached hydrogen (secondary N) is 2. The minimum atomic E-state index is -1.05. The van der Waals surface area contributed by atoms with E-state index in [4.69, 9.17) is 26.8 Å². The van der Waals surface area contributed by atoms with Crippen molar-refractivity contribution in [1.29, 1.82) is 0 Å². The first-order chi connectivity index (χ1) is 13.7. The zero-order valence-corrected chi connectivity index (χ0v) is 16.3. The number of rotatable bonds is 14. The maximum absolute atomic E-state index is 10.7. The summed E-state index contributed by atoms with van der Waals surface area (Å²) in [7, 11) is 0. The number of hydrogen-bond acceptors (Lipinski definition) is 8. The van der Waals surface area contributed by atoms with E-state index < -0.39 is 30.1 Å². The van der Waals surface area contributed by atoms with Crippen molar-refractivity contribution < 1.29 is 30.0 Å². The number of unbranched alkanes of at least 4 members (excludes halogenated alkanes) is 1. The second kappa shape index (κ2) is 13.0. The van der Waals surface area contributed by atoms with E-state index in [0.29, 0.717) is 57.0 Å². The number of guanidine groups is 1. The number of carboxylic acid groups (broad SMARTS) is 2. The van der Waals surface area contributed by atoms with E-state index in [1.165, 1.54) is 0 Å². The molecular formula is C17H32N6O6. The number of amidine groups is 1. The Bertz CT molecular complexity index is 599. The van der Waals surface area contributed by atoms with Gasteiger partial charge in [-0.25, -0.2) is 0 Å². The predicted octanol–water partition coefficient (Wildman–Crippen LogP) is -2.18. The molecule has 0 radical (unpaired) electrons. The smallest absolute Gasteiger partial charge is 0.320 e. The Kier molecular flexibility index (Phi) is 11.1. The van der Waals surface area contributed by atoms with Gasteiger partial charge in [-0.2, -0.15) is 0 Å². The van der Waals surface area contributed by atoms with Gasteiger partial charge in [0, 0.05) is 19.5 Å². The molecule has 0 aromatic rings. The van der Waals surface area contributed by atoms with Gasteiger partial charge in [0.1, 0.15) is 17.9 Å². The van der Waals surface area contributed by atoms with Crippen molar-refractivity contribution in [2.45, 2.75) is 62.8 Å². The normalized spacial score (nSPS) is 22.1. The molecule has 0 spiro atoms. The van der Waals surface area contributed by atoms with E-state index in [-0.39, 0.29) is 19.1 Å². The molecule has 12 nitrogen and oxygen atoms in total. The lowest BCUT2D eigenvalue weighted by molar-refractivity contribution is -0.139. The highest BCUT2D eigenvalue weighted by molar-refractivity contribution is 6.09. The predicted molar refractivity (Wildman–Crippen MR) is 107 cm³/mol. The first-order valence-corrected chi connectivity index (χ1v) is 9.62. The highest BCUT2D eigenvalue weighted by atomic mass is 16.4. The average molecular weight is 416 g/mol. The van der Waals surface area contributed by atoms with Crippen molar-refractivity contribution in [3.05, 3.63) is 0 Å². The van der Waals surface area contributed by atoms with Gasteiger partial charge < -0.3 is 42.5 Å². The molecule has 1 fully saturated rings. The second-order valence-corrected chi connectivity index (χ2v) is 6.92. The maximum Gasteiger partial charge on any atom is 0.320 e. The fourth-order valence-corrected chi connectivity index (χ4v) is 2.65. The van der Waals surface area contributed by atoms with Gasteiger partial charge in [-0.05, 0) is 32.1 Å². The lowest BCUT2D eigenvalue weighted by atomic mass is 10.1. The van der Waals surface area contributed by atoms with Gasteiger partial charge in [0.15, 0.2) is 5.96 Å². The standard InChI is InChI=1S/C17H32N6O6/c18-11(15(26)27)4-1-2-6-20-14-13(8-10(25)9-24)22-17(23-14)21-7-3-5-12(19)16(28)29/h10-13,24-25H,1-9,18-19H2,(H,26,27)(H,28,29)(H2,20,21,22,23)/t10-,11-,12-,13?/m0/s1. The molecule has 10 N–H and O–H groups in total. The summed E-state index contributed by atoms with van der Waals surface area (Å²) in [6, 6.07) is -2.15. The van der Waals surface area contributed by atoms with Gasteiger partial charge >= 0.3 is 11.9 Å². The first-order valence-electron chi connectivity index (χ1n) is 9.62. The summed E-state index contributed by atoms with van der Waals surface area (Å²) >= 11 is 0. The summed E-state index contributed by atoms with van der Waals surface area (Å²) < 4.78 is 0. The number of carbonyl (C=O) groups is 2. The van der Waals surface area contributed by atoms with Crippen molar-refractivity contribution in [2.24, 2.45) is 21.5 Å². The molecule has 4 atom stereocenters. The van der Waals surface area contributed by atoms with E-state index in [0.717, 1.165) is 0 Å². The van der Waals surface area contributed by atoms with Crippen LogP contribution in [0.5, 0.6) is 0 Å². The number of carboxylic acids is 2. The Labute approximate surface area is 169 Å². The fourth-order valence-electron chi connectivity index (χ4n) is 2.65. The number of aliphatic hydroxyl groups is 2. The Morgan fingerprint density at radius 3 is 2.17 bits per heavy atom. The fraction of sp³-hybridized carbons (Fsp3) is 0.765. The summed E-state index contributed by atoms with van der Waals surface area (Å²) in [5.41, 5.74) is 10.9. The molecule has 0 aromatic heterocycles. The molecule has 1 rings (SSSR count). The third-order valence-electron chi connectivity index (χ3n) is 4.39. The molecule has 166 valence electrons. The van der Waals surface area contributed by atoms with Crippen LogP contribution < -0.4 is 22.1 Å². The van der Waals surface area contributed by atoms with E-state index in [2.05, 4.69) is 20.6 Å². The van der Waals surface area contributed by atoms with Crippen LogP contribution in [0.25, 0.3) is 0 Å². The van der Waals surface area contributed by atoms with Gasteiger partial charge in [0.05, 0.1) is 18.8 Å².